The van der Waals surface area contributed by atoms with Gasteiger partial charge in [0.15, 0.2) is 5.76 Å². The van der Waals surface area contributed by atoms with Crippen molar-refractivity contribution in [1.29, 1.82) is 0 Å². The summed E-state index contributed by atoms with van der Waals surface area (Å²) in [6.45, 7) is 1.75. The van der Waals surface area contributed by atoms with Gasteiger partial charge in [0.2, 0.25) is 5.91 Å². The van der Waals surface area contributed by atoms with Crippen LogP contribution in [0.3, 0.4) is 0 Å². The van der Waals surface area contributed by atoms with Crippen LogP contribution in [0.1, 0.15) is 16.1 Å². The van der Waals surface area contributed by atoms with Crippen LogP contribution in [0.5, 0.6) is 0 Å². The van der Waals surface area contributed by atoms with Crippen LogP contribution in [0.15, 0.2) is 64.0 Å². The highest BCUT2D eigenvalue weighted by Crippen LogP contribution is 2.12. The summed E-state index contributed by atoms with van der Waals surface area (Å²) in [6.07, 6.45) is 4.41. The molecule has 28 heavy (non-hydrogen) atoms. The molecular weight excluding hydrogens is 358 g/mol. The third-order valence-electron chi connectivity index (χ3n) is 4.80. The number of nitrogens with one attached hydrogen (secondary N) is 1. The number of H-pyrrole nitrogens is 1. The molecule has 2 aromatic heterocycles. The Labute approximate surface area is 160 Å². The van der Waals surface area contributed by atoms with Crippen LogP contribution >= 0.6 is 0 Å². The SMILES string of the molecule is O=C(/C=C/c1cc2ccccc2[nH]c1=O)N1CCN(C(=O)c2ccco2)CC1. The zero-order valence-electron chi connectivity index (χ0n) is 15.1. The van der Waals surface area contributed by atoms with E-state index in [1.54, 1.807) is 28.0 Å². The maximum Gasteiger partial charge on any atom is 0.289 e. The standard InChI is InChI=1S/C21H19N3O4/c25-19(8-7-16-14-15-4-1-2-5-17(15)22-20(16)26)23-9-11-24(12-10-23)21(27)18-6-3-13-28-18/h1-8,13-14H,9-12H2,(H,22,26)/b8-7+. The number of furan rings is 1. The zero-order valence-corrected chi connectivity index (χ0v) is 15.1. The molecule has 0 saturated carbocycles. The first-order valence-corrected chi connectivity index (χ1v) is 9.04. The number of aromatic nitrogens is 1. The second-order valence-corrected chi connectivity index (χ2v) is 6.57. The zero-order chi connectivity index (χ0) is 19.5. The van der Waals surface area contributed by atoms with Crippen molar-refractivity contribution < 1.29 is 14.0 Å². The number of piperazine rings is 1. The summed E-state index contributed by atoms with van der Waals surface area (Å²) in [4.78, 5) is 43.0. The Morgan fingerprint density at radius 3 is 2.50 bits per heavy atom. The molecule has 7 heteroatoms. The van der Waals surface area contributed by atoms with E-state index in [0.717, 1.165) is 10.9 Å². The van der Waals surface area contributed by atoms with Gasteiger partial charge in [-0.05, 0) is 35.7 Å². The van der Waals surface area contributed by atoms with Crippen molar-refractivity contribution in [1.82, 2.24) is 14.8 Å². The molecule has 3 aromatic rings. The lowest BCUT2D eigenvalue weighted by Gasteiger charge is -2.33. The van der Waals surface area contributed by atoms with Crippen LogP contribution in [0.2, 0.25) is 0 Å². The Balaban J connectivity index is 1.40. The second-order valence-electron chi connectivity index (χ2n) is 6.57. The predicted octanol–water partition coefficient (Wildman–Crippen LogP) is 2.12. The van der Waals surface area contributed by atoms with E-state index >= 15 is 0 Å². The molecule has 3 heterocycles. The first-order chi connectivity index (χ1) is 13.6. The highest BCUT2D eigenvalue weighted by Gasteiger charge is 2.25. The molecule has 0 unspecified atom stereocenters. The molecule has 1 aliphatic rings. The van der Waals surface area contributed by atoms with E-state index < -0.39 is 0 Å². The molecule has 1 fully saturated rings. The number of rotatable bonds is 3. The fourth-order valence-electron chi connectivity index (χ4n) is 3.24. The van der Waals surface area contributed by atoms with Gasteiger partial charge in [0.05, 0.1) is 6.26 Å². The molecule has 7 nitrogen and oxygen atoms in total. The lowest BCUT2D eigenvalue weighted by atomic mass is 10.1. The minimum absolute atomic E-state index is 0.171. The van der Waals surface area contributed by atoms with E-state index in [9.17, 15) is 14.4 Å². The van der Waals surface area contributed by atoms with E-state index in [1.807, 2.05) is 24.3 Å². The Hall–Kier alpha value is -3.61. The molecule has 1 N–H and O–H groups in total. The lowest BCUT2D eigenvalue weighted by molar-refractivity contribution is -0.127. The van der Waals surface area contributed by atoms with Crippen LogP contribution in [0.4, 0.5) is 0 Å². The average molecular weight is 377 g/mol. The van der Waals surface area contributed by atoms with Crippen molar-refractivity contribution in [2.24, 2.45) is 0 Å². The highest BCUT2D eigenvalue weighted by molar-refractivity contribution is 5.93. The van der Waals surface area contributed by atoms with Crippen LogP contribution in [0, 0.1) is 0 Å². The molecule has 1 aromatic carbocycles. The Bertz CT molecular complexity index is 1090. The van der Waals surface area contributed by atoms with Gasteiger partial charge in [-0.15, -0.1) is 0 Å². The van der Waals surface area contributed by atoms with Crippen molar-refractivity contribution in [3.8, 4) is 0 Å². The number of hydrogen-bond donors (Lipinski definition) is 1. The number of hydrogen-bond acceptors (Lipinski definition) is 4. The molecule has 0 spiro atoms. The number of para-hydroxylation sites is 1. The van der Waals surface area contributed by atoms with Gasteiger partial charge in [0.25, 0.3) is 11.5 Å². The van der Waals surface area contributed by atoms with E-state index in [4.69, 9.17) is 4.42 Å². The van der Waals surface area contributed by atoms with Gasteiger partial charge < -0.3 is 19.2 Å². The van der Waals surface area contributed by atoms with Gasteiger partial charge in [0.1, 0.15) is 0 Å². The third kappa shape index (κ3) is 3.59. The molecular formula is C21H19N3O4. The Morgan fingerprint density at radius 1 is 1.00 bits per heavy atom. The summed E-state index contributed by atoms with van der Waals surface area (Å²) in [7, 11) is 0. The summed E-state index contributed by atoms with van der Waals surface area (Å²) in [5, 5.41) is 0.902. The molecule has 0 atom stereocenters. The fraction of sp³-hybridized carbons (Fsp3) is 0.190. The molecule has 0 radical (unpaired) electrons. The molecule has 1 aliphatic heterocycles. The normalized spacial score (nSPS) is 14.7. The van der Waals surface area contributed by atoms with Crippen molar-refractivity contribution in [3.63, 3.8) is 0 Å². The molecule has 142 valence electrons. The van der Waals surface area contributed by atoms with Crippen LogP contribution in [-0.2, 0) is 4.79 Å². The number of pyridine rings is 1. The maximum absolute atomic E-state index is 12.5. The average Bonchev–Trinajstić information content (AvgIpc) is 3.26. The monoisotopic (exact) mass is 377 g/mol. The predicted molar refractivity (Wildman–Crippen MR) is 105 cm³/mol. The third-order valence-corrected chi connectivity index (χ3v) is 4.80. The fourth-order valence-corrected chi connectivity index (χ4v) is 3.24. The summed E-state index contributed by atoms with van der Waals surface area (Å²) in [6, 6.07) is 12.5. The molecule has 0 aliphatic carbocycles. The van der Waals surface area contributed by atoms with Gasteiger partial charge >= 0.3 is 0 Å². The number of amides is 2. The van der Waals surface area contributed by atoms with Gasteiger partial charge in [-0.3, -0.25) is 14.4 Å². The van der Waals surface area contributed by atoms with Crippen LogP contribution < -0.4 is 5.56 Å². The van der Waals surface area contributed by atoms with Crippen molar-refractivity contribution >= 4 is 28.8 Å². The van der Waals surface area contributed by atoms with Gasteiger partial charge in [0, 0.05) is 43.3 Å². The maximum atomic E-state index is 12.5. The number of carbonyl (C=O) groups excluding carboxylic acids is 2. The number of benzene rings is 1. The minimum Gasteiger partial charge on any atom is -0.459 e. The molecule has 0 bridgehead atoms. The van der Waals surface area contributed by atoms with Crippen molar-refractivity contribution in [2.75, 3.05) is 26.2 Å². The molecule has 2 amide bonds. The quantitative estimate of drug-likeness (QED) is 0.709. The Kier molecular flexibility index (Phi) is 4.80. The van der Waals surface area contributed by atoms with E-state index in [-0.39, 0.29) is 17.4 Å². The van der Waals surface area contributed by atoms with Gasteiger partial charge in [-0.25, -0.2) is 0 Å². The summed E-state index contributed by atoms with van der Waals surface area (Å²) in [5.74, 6) is -0.0526. The number of nitrogens with zero attached hydrogens (tertiary/aromatic N) is 2. The first-order valence-electron chi connectivity index (χ1n) is 9.04. The summed E-state index contributed by atoms with van der Waals surface area (Å²) < 4.78 is 5.14. The van der Waals surface area contributed by atoms with Gasteiger partial charge in [-0.1, -0.05) is 18.2 Å². The molecule has 1 saturated heterocycles. The first kappa shape index (κ1) is 17.8. The van der Waals surface area contributed by atoms with Crippen molar-refractivity contribution in [2.45, 2.75) is 0 Å². The smallest absolute Gasteiger partial charge is 0.289 e. The minimum atomic E-state index is -0.239. The Morgan fingerprint density at radius 2 is 1.75 bits per heavy atom. The molecule has 4 rings (SSSR count). The van der Waals surface area contributed by atoms with E-state index in [1.165, 1.54) is 18.4 Å². The van der Waals surface area contributed by atoms with Gasteiger partial charge in [-0.2, -0.15) is 0 Å². The second kappa shape index (κ2) is 7.56. The summed E-state index contributed by atoms with van der Waals surface area (Å²) >= 11 is 0. The summed E-state index contributed by atoms with van der Waals surface area (Å²) in [5.41, 5.74) is 0.948. The van der Waals surface area contributed by atoms with Crippen LogP contribution in [0.25, 0.3) is 17.0 Å². The number of aromatic amines is 1. The van der Waals surface area contributed by atoms with E-state index in [0.29, 0.717) is 37.5 Å². The largest absolute Gasteiger partial charge is 0.459 e. The van der Waals surface area contributed by atoms with E-state index in [2.05, 4.69) is 4.98 Å². The number of fused-ring (bicyclic) bond motifs is 1. The number of carbonyl (C=O) groups is 2. The highest BCUT2D eigenvalue weighted by atomic mass is 16.3. The van der Waals surface area contributed by atoms with Crippen molar-refractivity contribution in [3.05, 3.63) is 76.5 Å². The topological polar surface area (TPSA) is 86.6 Å². The van der Waals surface area contributed by atoms with Crippen LogP contribution in [-0.4, -0.2) is 52.8 Å². The lowest BCUT2D eigenvalue weighted by Crippen LogP contribution is -2.50.